The predicted octanol–water partition coefficient (Wildman–Crippen LogP) is 2.18. The fraction of sp³-hybridized carbons (Fsp3) is 0.533. The minimum Gasteiger partial charge on any atom is -0.484 e. The molecule has 0 aliphatic heterocycles. The maximum atomic E-state index is 13.5. The molecule has 0 saturated heterocycles. The number of carbonyl (C=O) groups is 1. The number of rotatable bonds is 5. The highest BCUT2D eigenvalue weighted by Gasteiger charge is 2.10. The van der Waals surface area contributed by atoms with Crippen LogP contribution in [0.25, 0.3) is 0 Å². The first-order chi connectivity index (χ1) is 9.17. The maximum absolute atomic E-state index is 13.5. The summed E-state index contributed by atoms with van der Waals surface area (Å²) >= 11 is 0. The summed E-state index contributed by atoms with van der Waals surface area (Å²) in [5, 5.41) is 3.28. The SMILES string of the molecule is CN(C)C(=O)COc1cc(F)cc(CNC(C)(C)C)c1. The van der Waals surface area contributed by atoms with E-state index in [9.17, 15) is 9.18 Å². The summed E-state index contributed by atoms with van der Waals surface area (Å²) in [6, 6.07) is 4.48. The Hall–Kier alpha value is -1.62. The number of amides is 1. The lowest BCUT2D eigenvalue weighted by Gasteiger charge is -2.20. The molecular formula is C15H23FN2O2. The zero-order valence-electron chi connectivity index (χ0n) is 12.8. The van der Waals surface area contributed by atoms with Crippen molar-refractivity contribution in [3.8, 4) is 5.75 Å². The predicted molar refractivity (Wildman–Crippen MR) is 77.2 cm³/mol. The van der Waals surface area contributed by atoms with Gasteiger partial charge in [0.25, 0.3) is 5.91 Å². The van der Waals surface area contributed by atoms with Gasteiger partial charge < -0.3 is 15.0 Å². The Morgan fingerprint density at radius 2 is 1.95 bits per heavy atom. The van der Waals surface area contributed by atoms with Crippen molar-refractivity contribution in [2.75, 3.05) is 20.7 Å². The summed E-state index contributed by atoms with van der Waals surface area (Å²) in [6.07, 6.45) is 0. The Bertz CT molecular complexity index is 467. The van der Waals surface area contributed by atoms with E-state index in [0.717, 1.165) is 5.56 Å². The third-order valence-corrected chi connectivity index (χ3v) is 2.62. The van der Waals surface area contributed by atoms with Crippen LogP contribution in [0.1, 0.15) is 26.3 Å². The third kappa shape index (κ3) is 6.02. The molecule has 1 aromatic rings. The van der Waals surface area contributed by atoms with E-state index in [2.05, 4.69) is 5.32 Å². The van der Waals surface area contributed by atoms with Gasteiger partial charge in [0.05, 0.1) is 0 Å². The van der Waals surface area contributed by atoms with Crippen molar-refractivity contribution in [3.05, 3.63) is 29.6 Å². The molecule has 0 unspecified atom stereocenters. The van der Waals surface area contributed by atoms with Gasteiger partial charge in [0.15, 0.2) is 6.61 Å². The van der Waals surface area contributed by atoms with Gasteiger partial charge in [-0.25, -0.2) is 4.39 Å². The van der Waals surface area contributed by atoms with Crippen molar-refractivity contribution in [2.24, 2.45) is 0 Å². The van der Waals surface area contributed by atoms with Crippen LogP contribution in [0.3, 0.4) is 0 Å². The smallest absolute Gasteiger partial charge is 0.259 e. The van der Waals surface area contributed by atoms with E-state index < -0.39 is 0 Å². The number of halogens is 1. The van der Waals surface area contributed by atoms with Crippen molar-refractivity contribution in [2.45, 2.75) is 32.9 Å². The zero-order valence-corrected chi connectivity index (χ0v) is 12.8. The second-order valence-corrected chi connectivity index (χ2v) is 5.98. The van der Waals surface area contributed by atoms with Crippen LogP contribution in [0.4, 0.5) is 4.39 Å². The molecule has 1 N–H and O–H groups in total. The quantitative estimate of drug-likeness (QED) is 0.900. The molecule has 0 aromatic heterocycles. The molecule has 5 heteroatoms. The molecule has 20 heavy (non-hydrogen) atoms. The van der Waals surface area contributed by atoms with Crippen molar-refractivity contribution < 1.29 is 13.9 Å². The Labute approximate surface area is 119 Å². The Balaban J connectivity index is 2.69. The van der Waals surface area contributed by atoms with Gasteiger partial charge in [0.2, 0.25) is 0 Å². The van der Waals surface area contributed by atoms with Gasteiger partial charge in [-0.3, -0.25) is 4.79 Å². The van der Waals surface area contributed by atoms with Gasteiger partial charge >= 0.3 is 0 Å². The average molecular weight is 282 g/mol. The molecule has 0 bridgehead atoms. The van der Waals surface area contributed by atoms with Crippen LogP contribution in [-0.4, -0.2) is 37.0 Å². The molecule has 4 nitrogen and oxygen atoms in total. The highest BCUT2D eigenvalue weighted by atomic mass is 19.1. The molecule has 1 aromatic carbocycles. The van der Waals surface area contributed by atoms with Crippen molar-refractivity contribution >= 4 is 5.91 Å². The summed E-state index contributed by atoms with van der Waals surface area (Å²) in [5.74, 6) is -0.167. The lowest BCUT2D eigenvalue weighted by atomic mass is 10.1. The fourth-order valence-electron chi connectivity index (χ4n) is 1.45. The van der Waals surface area contributed by atoms with Crippen LogP contribution in [0.5, 0.6) is 5.75 Å². The van der Waals surface area contributed by atoms with Gasteiger partial charge in [0.1, 0.15) is 11.6 Å². The molecule has 0 saturated carbocycles. The van der Waals surface area contributed by atoms with Gasteiger partial charge in [-0.05, 0) is 38.5 Å². The van der Waals surface area contributed by atoms with E-state index in [0.29, 0.717) is 12.3 Å². The average Bonchev–Trinajstić information content (AvgIpc) is 2.32. The molecule has 0 heterocycles. The second kappa shape index (κ2) is 6.70. The number of hydrogen-bond donors (Lipinski definition) is 1. The molecule has 1 rings (SSSR count). The Morgan fingerprint density at radius 3 is 2.50 bits per heavy atom. The monoisotopic (exact) mass is 282 g/mol. The lowest BCUT2D eigenvalue weighted by molar-refractivity contribution is -0.130. The maximum Gasteiger partial charge on any atom is 0.259 e. The molecule has 112 valence electrons. The van der Waals surface area contributed by atoms with Crippen molar-refractivity contribution in [1.29, 1.82) is 0 Å². The normalized spacial score (nSPS) is 11.3. The van der Waals surface area contributed by atoms with Crippen molar-refractivity contribution in [1.82, 2.24) is 10.2 Å². The molecule has 0 aliphatic carbocycles. The number of carbonyl (C=O) groups excluding carboxylic acids is 1. The first kappa shape index (κ1) is 16.4. The number of benzene rings is 1. The van der Waals surface area contributed by atoms with Crippen LogP contribution in [0.2, 0.25) is 0 Å². The van der Waals surface area contributed by atoms with Crippen LogP contribution < -0.4 is 10.1 Å². The summed E-state index contributed by atoms with van der Waals surface area (Å²) in [4.78, 5) is 12.9. The Kier molecular flexibility index (Phi) is 5.51. The van der Waals surface area contributed by atoms with Gasteiger partial charge in [-0.2, -0.15) is 0 Å². The number of nitrogens with one attached hydrogen (secondary N) is 1. The number of likely N-dealkylation sites (N-methyl/N-ethyl adjacent to an activating group) is 1. The Morgan fingerprint density at radius 1 is 1.30 bits per heavy atom. The highest BCUT2D eigenvalue weighted by Crippen LogP contribution is 2.17. The fourth-order valence-corrected chi connectivity index (χ4v) is 1.45. The van der Waals surface area contributed by atoms with E-state index in [1.807, 2.05) is 20.8 Å². The largest absolute Gasteiger partial charge is 0.484 e. The minimum atomic E-state index is -0.370. The second-order valence-electron chi connectivity index (χ2n) is 5.98. The van der Waals surface area contributed by atoms with Gasteiger partial charge in [0, 0.05) is 32.2 Å². The molecule has 0 aliphatic rings. The zero-order chi connectivity index (χ0) is 15.3. The standard InChI is InChI=1S/C15H23FN2O2/c1-15(2,3)17-9-11-6-12(16)8-13(7-11)20-10-14(19)18(4)5/h6-8,17H,9-10H2,1-5H3. The van der Waals surface area contributed by atoms with E-state index in [-0.39, 0.29) is 23.9 Å². The highest BCUT2D eigenvalue weighted by molar-refractivity contribution is 5.77. The first-order valence-corrected chi connectivity index (χ1v) is 6.55. The van der Waals surface area contributed by atoms with E-state index in [1.54, 1.807) is 20.2 Å². The molecule has 1 amide bonds. The summed E-state index contributed by atoms with van der Waals surface area (Å²) in [6.45, 7) is 6.57. The van der Waals surface area contributed by atoms with Gasteiger partial charge in [-0.1, -0.05) is 0 Å². The van der Waals surface area contributed by atoms with Crippen LogP contribution in [0.15, 0.2) is 18.2 Å². The topological polar surface area (TPSA) is 41.6 Å². The summed E-state index contributed by atoms with van der Waals surface area (Å²) in [5.41, 5.74) is 0.737. The van der Waals surface area contributed by atoms with Crippen LogP contribution in [0, 0.1) is 5.82 Å². The molecular weight excluding hydrogens is 259 g/mol. The molecule has 0 fully saturated rings. The third-order valence-electron chi connectivity index (χ3n) is 2.62. The number of nitrogens with zero attached hydrogens (tertiary/aromatic N) is 1. The number of hydrogen-bond acceptors (Lipinski definition) is 3. The molecule has 0 radical (unpaired) electrons. The van der Waals surface area contributed by atoms with E-state index in [4.69, 9.17) is 4.74 Å². The van der Waals surface area contributed by atoms with Crippen LogP contribution >= 0.6 is 0 Å². The van der Waals surface area contributed by atoms with Crippen molar-refractivity contribution in [3.63, 3.8) is 0 Å². The minimum absolute atomic E-state index is 0.0474. The first-order valence-electron chi connectivity index (χ1n) is 6.55. The summed E-state index contributed by atoms with van der Waals surface area (Å²) < 4.78 is 18.9. The lowest BCUT2D eigenvalue weighted by Crippen LogP contribution is -2.35. The van der Waals surface area contributed by atoms with E-state index >= 15 is 0 Å². The van der Waals surface area contributed by atoms with Gasteiger partial charge in [-0.15, -0.1) is 0 Å². The summed E-state index contributed by atoms with van der Waals surface area (Å²) in [7, 11) is 3.30. The molecule has 0 spiro atoms. The molecule has 0 atom stereocenters. The number of ether oxygens (including phenoxy) is 1. The van der Waals surface area contributed by atoms with E-state index in [1.165, 1.54) is 17.0 Å². The van der Waals surface area contributed by atoms with Crippen LogP contribution in [-0.2, 0) is 11.3 Å².